The fraction of sp³-hybridized carbons (Fsp3) is 0.800. The first-order valence-electron chi connectivity index (χ1n) is 9.30. The molecule has 0 spiro atoms. The zero-order chi connectivity index (χ0) is 14.1. The summed E-state index contributed by atoms with van der Waals surface area (Å²) in [6, 6.07) is 0. The van der Waals surface area contributed by atoms with Crippen LogP contribution in [0.1, 0.15) is 103 Å². The third-order valence-corrected chi connectivity index (χ3v) is 4.32. The van der Waals surface area contributed by atoms with Gasteiger partial charge in [-0.15, -0.1) is 0 Å². The van der Waals surface area contributed by atoms with E-state index >= 15 is 0 Å². The van der Waals surface area contributed by atoms with Crippen LogP contribution in [0.15, 0.2) is 24.3 Å². The Labute approximate surface area is 127 Å². The van der Waals surface area contributed by atoms with Gasteiger partial charge in [0.2, 0.25) is 0 Å². The van der Waals surface area contributed by atoms with Gasteiger partial charge in [-0.3, -0.25) is 0 Å². The minimum absolute atomic E-state index is 1.23. The number of allylic oxidation sites excluding steroid dienone is 4. The first-order valence-corrected chi connectivity index (χ1v) is 9.30. The van der Waals surface area contributed by atoms with E-state index in [0.717, 1.165) is 0 Å². The highest BCUT2D eigenvalue weighted by molar-refractivity contribution is 4.88. The van der Waals surface area contributed by atoms with Crippen LogP contribution in [0.5, 0.6) is 0 Å². The van der Waals surface area contributed by atoms with E-state index in [2.05, 4.69) is 24.3 Å². The lowest BCUT2D eigenvalue weighted by molar-refractivity contribution is 0.542. The summed E-state index contributed by atoms with van der Waals surface area (Å²) < 4.78 is 0. The maximum absolute atomic E-state index is 2.40. The first kappa shape index (κ1) is 17.5. The molecule has 0 saturated heterocycles. The van der Waals surface area contributed by atoms with Gasteiger partial charge in [0.05, 0.1) is 0 Å². The van der Waals surface area contributed by atoms with Crippen LogP contribution < -0.4 is 0 Å². The summed E-state index contributed by atoms with van der Waals surface area (Å²) >= 11 is 0. The normalized spacial score (nSPS) is 22.4. The van der Waals surface area contributed by atoms with E-state index in [4.69, 9.17) is 0 Å². The molecule has 0 amide bonds. The van der Waals surface area contributed by atoms with Crippen LogP contribution in [0.4, 0.5) is 0 Å². The van der Waals surface area contributed by atoms with E-state index in [0.29, 0.717) is 0 Å². The minimum atomic E-state index is 1.23. The minimum Gasteiger partial charge on any atom is -0.0885 e. The van der Waals surface area contributed by atoms with Crippen LogP contribution in [0.25, 0.3) is 0 Å². The predicted octanol–water partition coefficient (Wildman–Crippen LogP) is 7.35. The molecule has 0 aromatic carbocycles. The highest BCUT2D eigenvalue weighted by atomic mass is 14.0. The molecule has 1 aliphatic rings. The van der Waals surface area contributed by atoms with Crippen molar-refractivity contribution in [2.75, 3.05) is 0 Å². The first-order chi connectivity index (χ1) is 10.0. The summed E-state index contributed by atoms with van der Waals surface area (Å²) in [5.41, 5.74) is 0. The van der Waals surface area contributed by atoms with Crippen molar-refractivity contribution in [2.24, 2.45) is 0 Å². The molecular formula is C20H36. The Kier molecular flexibility index (Phi) is 13.0. The van der Waals surface area contributed by atoms with Gasteiger partial charge in [0.25, 0.3) is 0 Å². The molecular weight excluding hydrogens is 240 g/mol. The number of hydrogen-bond donors (Lipinski definition) is 0. The molecule has 1 rings (SSSR count). The second-order valence-corrected chi connectivity index (χ2v) is 6.34. The van der Waals surface area contributed by atoms with Crippen LogP contribution in [0.3, 0.4) is 0 Å². The summed E-state index contributed by atoms with van der Waals surface area (Å²) in [7, 11) is 0. The Morgan fingerprint density at radius 3 is 0.850 bits per heavy atom. The van der Waals surface area contributed by atoms with Crippen molar-refractivity contribution in [1.82, 2.24) is 0 Å². The number of hydrogen-bond acceptors (Lipinski definition) is 0. The van der Waals surface area contributed by atoms with Crippen LogP contribution in [-0.4, -0.2) is 0 Å². The van der Waals surface area contributed by atoms with Crippen molar-refractivity contribution in [3.63, 3.8) is 0 Å². The van der Waals surface area contributed by atoms with Crippen LogP contribution in [0.2, 0.25) is 0 Å². The second kappa shape index (κ2) is 14.9. The highest BCUT2D eigenvalue weighted by Gasteiger charge is 1.93. The molecule has 0 aromatic rings. The van der Waals surface area contributed by atoms with E-state index in [9.17, 15) is 0 Å². The molecule has 20 heavy (non-hydrogen) atoms. The Morgan fingerprint density at radius 1 is 0.250 bits per heavy atom. The van der Waals surface area contributed by atoms with Gasteiger partial charge in [0.15, 0.2) is 0 Å². The van der Waals surface area contributed by atoms with Gasteiger partial charge in [0, 0.05) is 0 Å². The molecule has 0 unspecified atom stereocenters. The molecule has 0 radical (unpaired) electrons. The highest BCUT2D eigenvalue weighted by Crippen LogP contribution is 2.13. The van der Waals surface area contributed by atoms with Crippen LogP contribution in [-0.2, 0) is 0 Å². The molecule has 0 nitrogen and oxygen atoms in total. The maximum atomic E-state index is 2.40. The third kappa shape index (κ3) is 12.5. The summed E-state index contributed by atoms with van der Waals surface area (Å²) in [4.78, 5) is 0. The van der Waals surface area contributed by atoms with Crippen LogP contribution >= 0.6 is 0 Å². The van der Waals surface area contributed by atoms with Gasteiger partial charge in [0.1, 0.15) is 0 Å². The van der Waals surface area contributed by atoms with Crippen LogP contribution in [0, 0.1) is 0 Å². The molecule has 116 valence electrons. The van der Waals surface area contributed by atoms with E-state index in [1.165, 1.54) is 103 Å². The summed E-state index contributed by atoms with van der Waals surface area (Å²) in [6.45, 7) is 0. The zero-order valence-electron chi connectivity index (χ0n) is 13.6. The lowest BCUT2D eigenvalue weighted by Crippen LogP contribution is -1.83. The Morgan fingerprint density at radius 2 is 0.500 bits per heavy atom. The molecule has 0 aromatic heterocycles. The van der Waals surface area contributed by atoms with Gasteiger partial charge < -0.3 is 0 Å². The molecule has 0 atom stereocenters. The number of rotatable bonds is 0. The van der Waals surface area contributed by atoms with Gasteiger partial charge in [-0.05, 0) is 38.5 Å². The largest absolute Gasteiger partial charge is 0.0885 e. The molecule has 0 heterocycles. The average Bonchev–Trinajstić information content (AvgIpc) is 2.46. The average molecular weight is 277 g/mol. The monoisotopic (exact) mass is 276 g/mol. The lowest BCUT2D eigenvalue weighted by atomic mass is 10.0. The van der Waals surface area contributed by atoms with Crippen molar-refractivity contribution < 1.29 is 0 Å². The fourth-order valence-electron chi connectivity index (χ4n) is 2.96. The predicted molar refractivity (Wildman–Crippen MR) is 92.2 cm³/mol. The Balaban J connectivity index is 2.11. The van der Waals surface area contributed by atoms with E-state index in [1.807, 2.05) is 0 Å². The summed E-state index contributed by atoms with van der Waals surface area (Å²) in [5.74, 6) is 0. The smallest absolute Gasteiger partial charge is 0.0316 e. The van der Waals surface area contributed by atoms with Crippen molar-refractivity contribution in [3.05, 3.63) is 24.3 Å². The van der Waals surface area contributed by atoms with E-state index in [1.54, 1.807) is 0 Å². The zero-order valence-corrected chi connectivity index (χ0v) is 13.6. The molecule has 0 bridgehead atoms. The van der Waals surface area contributed by atoms with E-state index < -0.39 is 0 Å². The Bertz CT molecular complexity index is 210. The molecule has 1 aliphatic carbocycles. The maximum Gasteiger partial charge on any atom is -0.0316 e. The van der Waals surface area contributed by atoms with Crippen molar-refractivity contribution in [2.45, 2.75) is 103 Å². The van der Waals surface area contributed by atoms with Crippen molar-refractivity contribution in [1.29, 1.82) is 0 Å². The van der Waals surface area contributed by atoms with Gasteiger partial charge in [-0.2, -0.15) is 0 Å². The molecule has 0 aliphatic heterocycles. The molecule has 0 N–H and O–H groups in total. The SMILES string of the molecule is C1=CCCCCCCCCCCCCCCC=CCC1. The van der Waals surface area contributed by atoms with Gasteiger partial charge >= 0.3 is 0 Å². The Hall–Kier alpha value is -0.520. The quantitative estimate of drug-likeness (QED) is 0.405. The second-order valence-electron chi connectivity index (χ2n) is 6.34. The van der Waals surface area contributed by atoms with Crippen molar-refractivity contribution in [3.8, 4) is 0 Å². The van der Waals surface area contributed by atoms with Gasteiger partial charge in [-0.1, -0.05) is 88.5 Å². The molecule has 0 heteroatoms. The summed E-state index contributed by atoms with van der Waals surface area (Å²) in [5, 5.41) is 0. The summed E-state index contributed by atoms with van der Waals surface area (Å²) in [6.07, 6.45) is 32.0. The fourth-order valence-corrected chi connectivity index (χ4v) is 2.96. The van der Waals surface area contributed by atoms with E-state index in [-0.39, 0.29) is 0 Å². The molecule has 0 fully saturated rings. The topological polar surface area (TPSA) is 0 Å². The third-order valence-electron chi connectivity index (χ3n) is 4.32. The lowest BCUT2D eigenvalue weighted by Gasteiger charge is -2.03. The van der Waals surface area contributed by atoms with Gasteiger partial charge in [-0.25, -0.2) is 0 Å². The van der Waals surface area contributed by atoms with Crippen molar-refractivity contribution >= 4 is 0 Å². The standard InChI is InChI=1S/C20H36/c1-2-4-6-8-10-12-14-16-18-20-19-17-15-13-11-9-7-5-3-1/h1-2,7,9H,3-6,8,10-20H2. The molecule has 0 saturated carbocycles.